The average molecular weight is 185 g/mol. The Morgan fingerprint density at radius 3 is 2.93 bits per heavy atom. The molecule has 0 saturated heterocycles. The molecule has 2 heterocycles. The van der Waals surface area contributed by atoms with E-state index in [1.165, 1.54) is 0 Å². The van der Waals surface area contributed by atoms with E-state index >= 15 is 0 Å². The number of rotatable bonds is 1. The molecule has 0 unspecified atom stereocenters. The van der Waals surface area contributed by atoms with Crippen molar-refractivity contribution < 1.29 is 0 Å². The van der Waals surface area contributed by atoms with Crippen molar-refractivity contribution in [3.8, 4) is 17.3 Å². The number of nitriles is 1. The molecule has 2 aromatic rings. The lowest BCUT2D eigenvalue weighted by atomic mass is 10.2. The molecule has 5 heteroatoms. The maximum absolute atomic E-state index is 8.82. The SMILES string of the molecule is Cn1cc(-c2cnccn2)c(C#N)n1. The minimum Gasteiger partial charge on any atom is -0.274 e. The van der Waals surface area contributed by atoms with Gasteiger partial charge in [0.1, 0.15) is 6.07 Å². The summed E-state index contributed by atoms with van der Waals surface area (Å²) in [7, 11) is 1.76. The van der Waals surface area contributed by atoms with Crippen molar-refractivity contribution in [3.05, 3.63) is 30.5 Å². The summed E-state index contributed by atoms with van der Waals surface area (Å²) < 4.78 is 1.59. The van der Waals surface area contributed by atoms with Crippen LogP contribution in [-0.2, 0) is 7.05 Å². The fraction of sp³-hybridized carbons (Fsp3) is 0.111. The van der Waals surface area contributed by atoms with Gasteiger partial charge in [-0.3, -0.25) is 14.6 Å². The largest absolute Gasteiger partial charge is 0.274 e. The molecule has 5 nitrogen and oxygen atoms in total. The Hall–Kier alpha value is -2.22. The van der Waals surface area contributed by atoms with Gasteiger partial charge in [-0.15, -0.1) is 0 Å². The van der Waals surface area contributed by atoms with Crippen LogP contribution in [0.4, 0.5) is 0 Å². The third-order valence-electron chi connectivity index (χ3n) is 1.77. The van der Waals surface area contributed by atoms with Crippen molar-refractivity contribution in [2.24, 2.45) is 7.05 Å². The first kappa shape index (κ1) is 8.38. The summed E-state index contributed by atoms with van der Waals surface area (Å²) in [5, 5.41) is 12.8. The van der Waals surface area contributed by atoms with Gasteiger partial charge in [0.15, 0.2) is 5.69 Å². The zero-order chi connectivity index (χ0) is 9.97. The normalized spacial score (nSPS) is 9.71. The Morgan fingerprint density at radius 1 is 1.43 bits per heavy atom. The quantitative estimate of drug-likeness (QED) is 0.657. The Morgan fingerprint density at radius 2 is 2.29 bits per heavy atom. The van der Waals surface area contributed by atoms with E-state index in [0.29, 0.717) is 17.0 Å². The molecule has 14 heavy (non-hydrogen) atoms. The number of aromatic nitrogens is 4. The van der Waals surface area contributed by atoms with Crippen molar-refractivity contribution in [2.75, 3.05) is 0 Å². The van der Waals surface area contributed by atoms with Gasteiger partial charge in [-0.1, -0.05) is 0 Å². The molecule has 0 N–H and O–H groups in total. The van der Waals surface area contributed by atoms with Crippen LogP contribution in [0.25, 0.3) is 11.3 Å². The maximum Gasteiger partial charge on any atom is 0.171 e. The molecule has 0 bridgehead atoms. The highest BCUT2D eigenvalue weighted by molar-refractivity contribution is 5.63. The summed E-state index contributed by atoms with van der Waals surface area (Å²) in [5.74, 6) is 0. The van der Waals surface area contributed by atoms with E-state index in [2.05, 4.69) is 15.1 Å². The lowest BCUT2D eigenvalue weighted by Gasteiger charge is -1.93. The third kappa shape index (κ3) is 1.33. The van der Waals surface area contributed by atoms with E-state index in [0.717, 1.165) is 0 Å². The number of hydrogen-bond donors (Lipinski definition) is 0. The van der Waals surface area contributed by atoms with Crippen molar-refractivity contribution in [2.45, 2.75) is 0 Å². The number of nitrogens with zero attached hydrogens (tertiary/aromatic N) is 5. The molecule has 0 saturated carbocycles. The van der Waals surface area contributed by atoms with E-state index in [1.54, 1.807) is 36.5 Å². The first-order valence-corrected chi connectivity index (χ1v) is 4.01. The minimum absolute atomic E-state index is 0.369. The van der Waals surface area contributed by atoms with Gasteiger partial charge in [0.2, 0.25) is 0 Å². The summed E-state index contributed by atoms with van der Waals surface area (Å²) >= 11 is 0. The van der Waals surface area contributed by atoms with E-state index in [-0.39, 0.29) is 0 Å². The van der Waals surface area contributed by atoms with E-state index in [4.69, 9.17) is 5.26 Å². The van der Waals surface area contributed by atoms with E-state index in [9.17, 15) is 0 Å². The van der Waals surface area contributed by atoms with Crippen LogP contribution in [0.5, 0.6) is 0 Å². The Bertz CT molecular complexity index is 480. The molecular weight excluding hydrogens is 178 g/mol. The molecule has 0 aliphatic carbocycles. The Balaban J connectivity index is 2.58. The van der Waals surface area contributed by atoms with Gasteiger partial charge in [0, 0.05) is 25.6 Å². The number of hydrogen-bond acceptors (Lipinski definition) is 4. The predicted octanol–water partition coefficient (Wildman–Crippen LogP) is 0.749. The first-order valence-electron chi connectivity index (χ1n) is 4.01. The summed E-state index contributed by atoms with van der Waals surface area (Å²) in [5.41, 5.74) is 1.74. The van der Waals surface area contributed by atoms with Gasteiger partial charge in [0.25, 0.3) is 0 Å². The third-order valence-corrected chi connectivity index (χ3v) is 1.77. The molecule has 0 aromatic carbocycles. The van der Waals surface area contributed by atoms with Crippen LogP contribution in [0.15, 0.2) is 24.8 Å². The number of aryl methyl sites for hydroxylation is 1. The summed E-state index contributed by atoms with van der Waals surface area (Å²) in [6.45, 7) is 0. The summed E-state index contributed by atoms with van der Waals surface area (Å²) in [4.78, 5) is 8.04. The minimum atomic E-state index is 0.369. The van der Waals surface area contributed by atoms with Gasteiger partial charge in [-0.25, -0.2) is 0 Å². The Kier molecular flexibility index (Phi) is 1.95. The second-order valence-corrected chi connectivity index (χ2v) is 2.77. The highest BCUT2D eigenvalue weighted by atomic mass is 15.3. The second-order valence-electron chi connectivity index (χ2n) is 2.77. The van der Waals surface area contributed by atoms with Gasteiger partial charge in [-0.2, -0.15) is 10.4 Å². The standard InChI is InChI=1S/C9H7N5/c1-14-6-7(8(4-10)13-14)9-5-11-2-3-12-9/h2-3,5-6H,1H3. The fourth-order valence-corrected chi connectivity index (χ4v) is 1.20. The van der Waals surface area contributed by atoms with Crippen LogP contribution < -0.4 is 0 Å². The molecule has 0 spiro atoms. The van der Waals surface area contributed by atoms with E-state index in [1.807, 2.05) is 6.07 Å². The summed E-state index contributed by atoms with van der Waals surface area (Å²) in [6.07, 6.45) is 6.54. The van der Waals surface area contributed by atoms with Crippen molar-refractivity contribution >= 4 is 0 Å². The molecule has 2 aromatic heterocycles. The first-order chi connectivity index (χ1) is 6.81. The van der Waals surface area contributed by atoms with E-state index < -0.39 is 0 Å². The van der Waals surface area contributed by atoms with Crippen LogP contribution in [0.3, 0.4) is 0 Å². The zero-order valence-electron chi connectivity index (χ0n) is 7.55. The maximum atomic E-state index is 8.82. The smallest absolute Gasteiger partial charge is 0.171 e. The van der Waals surface area contributed by atoms with Crippen molar-refractivity contribution in [3.63, 3.8) is 0 Å². The Labute approximate surface area is 80.7 Å². The lowest BCUT2D eigenvalue weighted by molar-refractivity contribution is 0.763. The van der Waals surface area contributed by atoms with Crippen LogP contribution in [0.2, 0.25) is 0 Å². The van der Waals surface area contributed by atoms with Gasteiger partial charge < -0.3 is 0 Å². The van der Waals surface area contributed by atoms with Crippen LogP contribution in [-0.4, -0.2) is 19.7 Å². The predicted molar refractivity (Wildman–Crippen MR) is 48.9 cm³/mol. The molecule has 0 aliphatic heterocycles. The van der Waals surface area contributed by atoms with Gasteiger partial charge >= 0.3 is 0 Å². The van der Waals surface area contributed by atoms with Crippen LogP contribution in [0, 0.1) is 11.3 Å². The average Bonchev–Trinajstić information content (AvgIpc) is 2.61. The summed E-state index contributed by atoms with van der Waals surface area (Å²) in [6, 6.07) is 2.02. The molecule has 0 radical (unpaired) electrons. The zero-order valence-corrected chi connectivity index (χ0v) is 7.55. The highest BCUT2D eigenvalue weighted by Gasteiger charge is 2.09. The topological polar surface area (TPSA) is 67.4 Å². The molecule has 2 rings (SSSR count). The van der Waals surface area contributed by atoms with Gasteiger partial charge in [-0.05, 0) is 0 Å². The molecule has 68 valence electrons. The molecule has 0 fully saturated rings. The molecule has 0 amide bonds. The fourth-order valence-electron chi connectivity index (χ4n) is 1.20. The lowest BCUT2D eigenvalue weighted by Crippen LogP contribution is -1.87. The van der Waals surface area contributed by atoms with Gasteiger partial charge in [0.05, 0.1) is 17.5 Å². The van der Waals surface area contributed by atoms with Crippen LogP contribution in [0.1, 0.15) is 5.69 Å². The van der Waals surface area contributed by atoms with Crippen molar-refractivity contribution in [1.29, 1.82) is 5.26 Å². The second kappa shape index (κ2) is 3.26. The molecule has 0 aliphatic rings. The van der Waals surface area contributed by atoms with Crippen molar-refractivity contribution in [1.82, 2.24) is 19.7 Å². The van der Waals surface area contributed by atoms with Crippen LogP contribution >= 0.6 is 0 Å². The monoisotopic (exact) mass is 185 g/mol. The highest BCUT2D eigenvalue weighted by Crippen LogP contribution is 2.18. The molecule has 0 atom stereocenters. The molecular formula is C9H7N5.